The van der Waals surface area contributed by atoms with Gasteiger partial charge in [-0.25, -0.2) is 4.79 Å². The van der Waals surface area contributed by atoms with E-state index < -0.39 is 17.2 Å². The molecule has 2 aromatic carbocycles. The second kappa shape index (κ2) is 13.4. The number of halogens is 1. The summed E-state index contributed by atoms with van der Waals surface area (Å²) in [7, 11) is 1.59. The lowest BCUT2D eigenvalue weighted by molar-refractivity contribution is 0.0373. The third-order valence-electron chi connectivity index (χ3n) is 5.35. The van der Waals surface area contributed by atoms with Crippen molar-refractivity contribution in [3.63, 3.8) is 0 Å². The second-order valence-corrected chi connectivity index (χ2v) is 11.2. The lowest BCUT2D eigenvalue weighted by Gasteiger charge is -2.34. The molecule has 0 aliphatic heterocycles. The van der Waals surface area contributed by atoms with E-state index in [1.54, 1.807) is 18.9 Å². The highest BCUT2D eigenvalue weighted by molar-refractivity contribution is 7.99. The van der Waals surface area contributed by atoms with Crippen LogP contribution in [0.4, 0.5) is 4.79 Å². The molecule has 2 aromatic rings. The molecule has 0 aromatic heterocycles. The summed E-state index contributed by atoms with van der Waals surface area (Å²) < 4.78 is 16.2. The Hall–Kier alpha value is -1.93. The lowest BCUT2D eigenvalue weighted by atomic mass is 9.87. The fourth-order valence-electron chi connectivity index (χ4n) is 3.68. The Kier molecular flexibility index (Phi) is 11.2. The van der Waals surface area contributed by atoms with E-state index in [1.807, 2.05) is 65.0 Å². The average Bonchev–Trinajstić information content (AvgIpc) is 2.76. The van der Waals surface area contributed by atoms with Gasteiger partial charge in [0.05, 0.1) is 17.0 Å². The SMILES string of the molecule is CCC[C@@](CO)(CCc1ccc(Sc2cc(C)ccc2OCOC)cc1Cl)NC(=O)OC(C)(C)C. The maximum absolute atomic E-state index is 12.4. The summed E-state index contributed by atoms with van der Waals surface area (Å²) in [6, 6.07) is 12.0. The molecular weight excluding hydrogens is 486 g/mol. The van der Waals surface area contributed by atoms with Crippen molar-refractivity contribution in [2.45, 2.75) is 81.2 Å². The van der Waals surface area contributed by atoms with Gasteiger partial charge in [0.2, 0.25) is 0 Å². The minimum absolute atomic E-state index is 0.177. The molecule has 8 heteroatoms. The topological polar surface area (TPSA) is 77.0 Å². The number of aliphatic hydroxyl groups is 1. The number of carbonyl (C=O) groups is 1. The van der Waals surface area contributed by atoms with Crippen LogP contribution < -0.4 is 10.1 Å². The van der Waals surface area contributed by atoms with Gasteiger partial charge in [0.25, 0.3) is 0 Å². The Morgan fingerprint density at radius 1 is 1.14 bits per heavy atom. The number of aryl methyl sites for hydroxylation is 2. The van der Waals surface area contributed by atoms with Crippen LogP contribution in [0.5, 0.6) is 5.75 Å². The number of nitrogens with one attached hydrogen (secondary N) is 1. The molecule has 0 unspecified atom stereocenters. The van der Waals surface area contributed by atoms with E-state index in [9.17, 15) is 9.90 Å². The van der Waals surface area contributed by atoms with Crippen LogP contribution in [0.25, 0.3) is 0 Å². The summed E-state index contributed by atoms with van der Waals surface area (Å²) in [6.45, 7) is 9.51. The smallest absolute Gasteiger partial charge is 0.408 e. The molecule has 0 spiro atoms. The van der Waals surface area contributed by atoms with E-state index in [1.165, 1.54) is 0 Å². The van der Waals surface area contributed by atoms with Gasteiger partial charge in [-0.05, 0) is 82.3 Å². The molecule has 0 radical (unpaired) electrons. The molecule has 0 heterocycles. The van der Waals surface area contributed by atoms with Crippen LogP contribution >= 0.6 is 23.4 Å². The van der Waals surface area contributed by atoms with Crippen molar-refractivity contribution < 1.29 is 24.1 Å². The monoisotopic (exact) mass is 523 g/mol. The van der Waals surface area contributed by atoms with Gasteiger partial charge < -0.3 is 24.6 Å². The Morgan fingerprint density at radius 3 is 2.49 bits per heavy atom. The van der Waals surface area contributed by atoms with Crippen LogP contribution in [0.2, 0.25) is 5.02 Å². The number of hydrogen-bond donors (Lipinski definition) is 2. The molecule has 1 amide bonds. The summed E-state index contributed by atoms with van der Waals surface area (Å²) in [4.78, 5) is 14.4. The summed E-state index contributed by atoms with van der Waals surface area (Å²) >= 11 is 8.23. The number of methoxy groups -OCH3 is 1. The summed E-state index contributed by atoms with van der Waals surface area (Å²) in [6.07, 6.45) is 2.06. The first-order valence-corrected chi connectivity index (χ1v) is 13.0. The van der Waals surface area contributed by atoms with E-state index >= 15 is 0 Å². The summed E-state index contributed by atoms with van der Waals surface area (Å²) in [5.41, 5.74) is 0.702. The first kappa shape index (κ1) is 29.3. The molecular formula is C27H38ClNO5S. The molecule has 0 saturated heterocycles. The first-order chi connectivity index (χ1) is 16.5. The van der Waals surface area contributed by atoms with E-state index in [-0.39, 0.29) is 13.4 Å². The van der Waals surface area contributed by atoms with Crippen molar-refractivity contribution in [1.82, 2.24) is 5.32 Å². The van der Waals surface area contributed by atoms with Crippen LogP contribution in [0.3, 0.4) is 0 Å². The largest absolute Gasteiger partial charge is 0.466 e. The van der Waals surface area contributed by atoms with Gasteiger partial charge in [-0.1, -0.05) is 48.8 Å². The Labute approximate surface area is 218 Å². The van der Waals surface area contributed by atoms with E-state index in [0.717, 1.165) is 33.1 Å². The summed E-state index contributed by atoms with van der Waals surface area (Å²) in [5.74, 6) is 0.753. The van der Waals surface area contributed by atoms with Crippen molar-refractivity contribution in [1.29, 1.82) is 0 Å². The molecule has 35 heavy (non-hydrogen) atoms. The Morgan fingerprint density at radius 2 is 1.89 bits per heavy atom. The highest BCUT2D eigenvalue weighted by Crippen LogP contribution is 2.37. The van der Waals surface area contributed by atoms with E-state index in [4.69, 9.17) is 25.8 Å². The third kappa shape index (κ3) is 9.56. The fraction of sp³-hybridized carbons (Fsp3) is 0.519. The van der Waals surface area contributed by atoms with Crippen molar-refractivity contribution in [3.05, 3.63) is 52.5 Å². The van der Waals surface area contributed by atoms with Gasteiger partial charge in [0.1, 0.15) is 11.4 Å². The van der Waals surface area contributed by atoms with Crippen molar-refractivity contribution in [2.75, 3.05) is 20.5 Å². The minimum Gasteiger partial charge on any atom is -0.466 e. The molecule has 0 fully saturated rings. The summed E-state index contributed by atoms with van der Waals surface area (Å²) in [5, 5.41) is 13.8. The van der Waals surface area contributed by atoms with Gasteiger partial charge in [-0.3, -0.25) is 0 Å². The highest BCUT2D eigenvalue weighted by atomic mass is 35.5. The number of carbonyl (C=O) groups excluding carboxylic acids is 1. The number of amides is 1. The number of hydrogen-bond acceptors (Lipinski definition) is 6. The maximum atomic E-state index is 12.4. The van der Waals surface area contributed by atoms with Crippen molar-refractivity contribution in [3.8, 4) is 5.75 Å². The zero-order valence-electron chi connectivity index (χ0n) is 21.6. The van der Waals surface area contributed by atoms with Crippen LogP contribution in [0.15, 0.2) is 46.2 Å². The quantitative estimate of drug-likeness (QED) is 0.299. The van der Waals surface area contributed by atoms with Gasteiger partial charge >= 0.3 is 6.09 Å². The standard InChI is InChI=1S/C27H38ClNO5S/c1-7-13-27(17-30,29-25(31)34-26(3,4)5)14-12-20-9-10-21(16-22(20)28)35-24-15-19(2)8-11-23(24)33-18-32-6/h8-11,15-16,30H,7,12-14,17-18H2,1-6H3,(H,29,31)/t27-/m0/s1. The average molecular weight is 524 g/mol. The predicted octanol–water partition coefficient (Wildman–Crippen LogP) is 6.77. The van der Waals surface area contributed by atoms with Gasteiger partial charge in [0.15, 0.2) is 6.79 Å². The van der Waals surface area contributed by atoms with Gasteiger partial charge in [-0.15, -0.1) is 0 Å². The molecule has 1 atom stereocenters. The number of ether oxygens (including phenoxy) is 3. The molecule has 2 N–H and O–H groups in total. The molecule has 6 nitrogen and oxygen atoms in total. The predicted molar refractivity (Wildman–Crippen MR) is 142 cm³/mol. The van der Waals surface area contributed by atoms with Crippen LogP contribution in [-0.4, -0.2) is 42.8 Å². The minimum atomic E-state index is -0.775. The fourth-order valence-corrected chi connectivity index (χ4v) is 5.06. The first-order valence-electron chi connectivity index (χ1n) is 11.8. The number of rotatable bonds is 12. The van der Waals surface area contributed by atoms with Gasteiger partial charge in [0, 0.05) is 17.0 Å². The Balaban J connectivity index is 2.14. The second-order valence-electron chi connectivity index (χ2n) is 9.67. The van der Waals surface area contributed by atoms with Crippen LogP contribution in [-0.2, 0) is 15.9 Å². The van der Waals surface area contributed by atoms with Crippen LogP contribution in [0, 0.1) is 6.92 Å². The third-order valence-corrected chi connectivity index (χ3v) is 6.73. The maximum Gasteiger partial charge on any atom is 0.408 e. The van der Waals surface area contributed by atoms with Crippen molar-refractivity contribution >= 4 is 29.5 Å². The Bertz CT molecular complexity index is 979. The van der Waals surface area contributed by atoms with Gasteiger partial charge in [-0.2, -0.15) is 0 Å². The van der Waals surface area contributed by atoms with E-state index in [2.05, 4.69) is 11.4 Å². The van der Waals surface area contributed by atoms with Crippen molar-refractivity contribution in [2.24, 2.45) is 0 Å². The molecule has 194 valence electrons. The number of alkyl carbamates (subject to hydrolysis) is 1. The molecule has 0 aliphatic carbocycles. The normalized spacial score (nSPS) is 13.3. The number of benzene rings is 2. The van der Waals surface area contributed by atoms with E-state index in [0.29, 0.717) is 24.3 Å². The lowest BCUT2D eigenvalue weighted by Crippen LogP contribution is -2.53. The molecule has 0 bridgehead atoms. The highest BCUT2D eigenvalue weighted by Gasteiger charge is 2.32. The zero-order chi connectivity index (χ0) is 26.1. The molecule has 0 saturated carbocycles. The molecule has 0 aliphatic rings. The molecule has 2 rings (SSSR count). The zero-order valence-corrected chi connectivity index (χ0v) is 23.1. The number of aliphatic hydroxyl groups excluding tert-OH is 1. The van der Waals surface area contributed by atoms with Crippen LogP contribution in [0.1, 0.15) is 58.1 Å².